The zero-order valence-electron chi connectivity index (χ0n) is 17.5. The minimum Gasteiger partial charge on any atom is -0.481 e. The SMILES string of the molecule is Cc1ccc(O[C@@H](C)C(=O)Nc2sc3c(c2C(=O)N2CCOCC2)CCCC3)cc1. The van der Waals surface area contributed by atoms with Gasteiger partial charge in [0.05, 0.1) is 18.8 Å². The highest BCUT2D eigenvalue weighted by molar-refractivity contribution is 7.17. The fourth-order valence-electron chi connectivity index (χ4n) is 3.89. The summed E-state index contributed by atoms with van der Waals surface area (Å²) < 4.78 is 11.2. The molecule has 30 heavy (non-hydrogen) atoms. The number of nitrogens with zero attached hydrogens (tertiary/aromatic N) is 1. The van der Waals surface area contributed by atoms with E-state index in [9.17, 15) is 9.59 Å². The molecule has 1 aromatic heterocycles. The number of amides is 2. The predicted molar refractivity (Wildman–Crippen MR) is 118 cm³/mol. The van der Waals surface area contributed by atoms with Crippen molar-refractivity contribution in [3.63, 3.8) is 0 Å². The molecular weight excluding hydrogens is 400 g/mol. The van der Waals surface area contributed by atoms with Gasteiger partial charge in [0, 0.05) is 18.0 Å². The first-order valence-corrected chi connectivity index (χ1v) is 11.4. The van der Waals surface area contributed by atoms with Gasteiger partial charge in [-0.25, -0.2) is 0 Å². The summed E-state index contributed by atoms with van der Waals surface area (Å²) in [5.41, 5.74) is 2.92. The molecule has 1 saturated heterocycles. The van der Waals surface area contributed by atoms with Crippen LogP contribution in [0.3, 0.4) is 0 Å². The normalized spacial score (nSPS) is 17.2. The number of thiophene rings is 1. The summed E-state index contributed by atoms with van der Waals surface area (Å²) in [7, 11) is 0. The summed E-state index contributed by atoms with van der Waals surface area (Å²) in [5.74, 6) is 0.406. The summed E-state index contributed by atoms with van der Waals surface area (Å²) in [6, 6.07) is 7.62. The number of carbonyl (C=O) groups excluding carboxylic acids is 2. The second kappa shape index (κ2) is 9.18. The Balaban J connectivity index is 1.53. The minimum absolute atomic E-state index is 0.0000982. The molecule has 2 aromatic rings. The van der Waals surface area contributed by atoms with Crippen LogP contribution >= 0.6 is 11.3 Å². The van der Waals surface area contributed by atoms with Crippen molar-refractivity contribution < 1.29 is 19.1 Å². The number of hydrogen-bond donors (Lipinski definition) is 1. The van der Waals surface area contributed by atoms with Gasteiger partial charge >= 0.3 is 0 Å². The molecule has 2 heterocycles. The first-order valence-electron chi connectivity index (χ1n) is 10.6. The largest absolute Gasteiger partial charge is 0.481 e. The number of carbonyl (C=O) groups is 2. The lowest BCUT2D eigenvalue weighted by Gasteiger charge is -2.28. The minimum atomic E-state index is -0.668. The number of morpholine rings is 1. The van der Waals surface area contributed by atoms with Crippen molar-refractivity contribution in [1.82, 2.24) is 4.90 Å². The van der Waals surface area contributed by atoms with Crippen LogP contribution in [0.4, 0.5) is 5.00 Å². The highest BCUT2D eigenvalue weighted by Crippen LogP contribution is 2.39. The number of anilines is 1. The van der Waals surface area contributed by atoms with Crippen LogP contribution in [0.25, 0.3) is 0 Å². The van der Waals surface area contributed by atoms with E-state index in [0.717, 1.165) is 36.8 Å². The molecule has 2 aliphatic rings. The summed E-state index contributed by atoms with van der Waals surface area (Å²) >= 11 is 1.54. The molecule has 2 amide bonds. The fraction of sp³-hybridized carbons (Fsp3) is 0.478. The Kier molecular flexibility index (Phi) is 6.39. The smallest absolute Gasteiger partial charge is 0.265 e. The van der Waals surface area contributed by atoms with E-state index < -0.39 is 6.10 Å². The van der Waals surface area contributed by atoms with Gasteiger partial charge in [0.25, 0.3) is 11.8 Å². The maximum atomic E-state index is 13.3. The molecule has 1 fully saturated rings. The van der Waals surface area contributed by atoms with Crippen LogP contribution in [0.15, 0.2) is 24.3 Å². The van der Waals surface area contributed by atoms with E-state index in [-0.39, 0.29) is 11.8 Å². The number of nitrogens with one attached hydrogen (secondary N) is 1. The molecule has 1 atom stereocenters. The molecule has 1 aliphatic heterocycles. The van der Waals surface area contributed by atoms with Crippen molar-refractivity contribution >= 4 is 28.2 Å². The third kappa shape index (κ3) is 4.52. The number of rotatable bonds is 5. The second-order valence-electron chi connectivity index (χ2n) is 7.88. The molecule has 0 unspecified atom stereocenters. The molecule has 0 radical (unpaired) electrons. The van der Waals surface area contributed by atoms with Crippen LogP contribution in [-0.4, -0.2) is 49.1 Å². The number of ether oxygens (including phenoxy) is 2. The van der Waals surface area contributed by atoms with E-state index in [1.54, 1.807) is 18.3 Å². The molecule has 1 aliphatic carbocycles. The Hall–Kier alpha value is -2.38. The van der Waals surface area contributed by atoms with E-state index in [2.05, 4.69) is 5.32 Å². The average Bonchev–Trinajstić information content (AvgIpc) is 3.13. The molecule has 7 heteroatoms. The van der Waals surface area contributed by atoms with Crippen LogP contribution < -0.4 is 10.1 Å². The number of aryl methyl sites for hydroxylation is 2. The van der Waals surface area contributed by atoms with Crippen molar-refractivity contribution in [1.29, 1.82) is 0 Å². The van der Waals surface area contributed by atoms with Gasteiger partial charge in [0.1, 0.15) is 10.8 Å². The molecule has 1 aromatic carbocycles. The highest BCUT2D eigenvalue weighted by Gasteiger charge is 2.30. The van der Waals surface area contributed by atoms with Gasteiger partial charge in [0.2, 0.25) is 0 Å². The Morgan fingerprint density at radius 1 is 1.13 bits per heavy atom. The van der Waals surface area contributed by atoms with Gasteiger partial charge in [-0.05, 0) is 57.2 Å². The van der Waals surface area contributed by atoms with Crippen molar-refractivity contribution in [2.75, 3.05) is 31.6 Å². The van der Waals surface area contributed by atoms with E-state index >= 15 is 0 Å². The predicted octanol–water partition coefficient (Wildman–Crippen LogP) is 3.81. The molecule has 160 valence electrons. The summed E-state index contributed by atoms with van der Waals surface area (Å²) in [6.07, 6.45) is 3.39. The number of benzene rings is 1. The molecule has 4 rings (SSSR count). The monoisotopic (exact) mass is 428 g/mol. The van der Waals surface area contributed by atoms with E-state index in [0.29, 0.717) is 42.6 Å². The quantitative estimate of drug-likeness (QED) is 0.786. The van der Waals surface area contributed by atoms with Crippen LogP contribution in [0.5, 0.6) is 5.75 Å². The van der Waals surface area contributed by atoms with Crippen LogP contribution in [0.1, 0.15) is 46.1 Å². The average molecular weight is 429 g/mol. The van der Waals surface area contributed by atoms with Gasteiger partial charge < -0.3 is 19.7 Å². The third-order valence-corrected chi connectivity index (χ3v) is 6.83. The standard InChI is InChI=1S/C23H28N2O4S/c1-15-7-9-17(10-8-15)29-16(2)21(26)24-22-20(18-5-3-4-6-19(18)30-22)23(27)25-11-13-28-14-12-25/h7-10,16H,3-6,11-14H2,1-2H3,(H,24,26)/t16-/m0/s1. The van der Waals surface area contributed by atoms with Gasteiger partial charge in [0.15, 0.2) is 6.10 Å². The maximum Gasteiger partial charge on any atom is 0.265 e. The molecule has 1 N–H and O–H groups in total. The van der Waals surface area contributed by atoms with E-state index in [1.165, 1.54) is 4.88 Å². The van der Waals surface area contributed by atoms with Crippen LogP contribution in [0.2, 0.25) is 0 Å². The highest BCUT2D eigenvalue weighted by atomic mass is 32.1. The molecule has 0 spiro atoms. The number of hydrogen-bond acceptors (Lipinski definition) is 5. The van der Waals surface area contributed by atoms with Crippen molar-refractivity contribution in [3.8, 4) is 5.75 Å². The fourth-order valence-corrected chi connectivity index (χ4v) is 5.18. The zero-order chi connectivity index (χ0) is 21.1. The summed E-state index contributed by atoms with van der Waals surface area (Å²) in [5, 5.41) is 3.65. The molecular formula is C23H28N2O4S. The molecule has 0 bridgehead atoms. The number of fused-ring (bicyclic) bond motifs is 1. The van der Waals surface area contributed by atoms with Crippen LogP contribution in [0, 0.1) is 6.92 Å². The Labute approximate surface area is 181 Å². The zero-order valence-corrected chi connectivity index (χ0v) is 18.3. The molecule has 0 saturated carbocycles. The second-order valence-corrected chi connectivity index (χ2v) is 8.99. The lowest BCUT2D eigenvalue weighted by molar-refractivity contribution is -0.122. The van der Waals surface area contributed by atoms with E-state index in [4.69, 9.17) is 9.47 Å². The van der Waals surface area contributed by atoms with Gasteiger partial charge in [-0.1, -0.05) is 17.7 Å². The lowest BCUT2D eigenvalue weighted by atomic mass is 9.95. The summed E-state index contributed by atoms with van der Waals surface area (Å²) in [4.78, 5) is 29.3. The van der Waals surface area contributed by atoms with Crippen molar-refractivity contribution in [3.05, 3.63) is 45.8 Å². The Morgan fingerprint density at radius 3 is 2.57 bits per heavy atom. The Morgan fingerprint density at radius 2 is 1.83 bits per heavy atom. The first-order chi connectivity index (χ1) is 14.5. The van der Waals surface area contributed by atoms with E-state index in [1.807, 2.05) is 36.1 Å². The van der Waals surface area contributed by atoms with Gasteiger partial charge in [-0.3, -0.25) is 9.59 Å². The topological polar surface area (TPSA) is 67.9 Å². The Bertz CT molecular complexity index is 916. The van der Waals surface area contributed by atoms with Gasteiger partial charge in [-0.2, -0.15) is 0 Å². The van der Waals surface area contributed by atoms with Gasteiger partial charge in [-0.15, -0.1) is 11.3 Å². The van der Waals surface area contributed by atoms with Crippen LogP contribution in [-0.2, 0) is 22.4 Å². The third-order valence-electron chi connectivity index (χ3n) is 5.62. The summed E-state index contributed by atoms with van der Waals surface area (Å²) in [6.45, 7) is 6.02. The van der Waals surface area contributed by atoms with Crippen molar-refractivity contribution in [2.45, 2.75) is 45.6 Å². The van der Waals surface area contributed by atoms with Crippen molar-refractivity contribution in [2.24, 2.45) is 0 Å². The maximum absolute atomic E-state index is 13.3. The first kappa shape index (κ1) is 20.9. The molecule has 6 nitrogen and oxygen atoms in total. The lowest BCUT2D eigenvalue weighted by Crippen LogP contribution is -2.41.